The standard InChI is InChI=1S/C18H16N4O6/c1-19-16(23)8-11-2-4-12(5-3-11)20-17(24)10-21-14-7-6-13(22(26)27)9-15(14)28-18(21)25/h2-7,9H,8,10H2,1H3,(H,19,23)(H,20,24). The van der Waals surface area contributed by atoms with Crippen LogP contribution in [0.4, 0.5) is 11.4 Å². The van der Waals surface area contributed by atoms with Crippen LogP contribution >= 0.6 is 0 Å². The van der Waals surface area contributed by atoms with E-state index in [0.717, 1.165) is 16.2 Å². The van der Waals surface area contributed by atoms with Crippen molar-refractivity contribution in [2.75, 3.05) is 12.4 Å². The Morgan fingerprint density at radius 3 is 2.50 bits per heavy atom. The molecule has 10 nitrogen and oxygen atoms in total. The average molecular weight is 384 g/mol. The molecule has 0 aliphatic heterocycles. The van der Waals surface area contributed by atoms with Crippen LogP contribution in [0, 0.1) is 10.1 Å². The molecule has 144 valence electrons. The number of nitrogens with zero attached hydrogens (tertiary/aromatic N) is 2. The number of nitro benzene ring substituents is 1. The third kappa shape index (κ3) is 4.06. The van der Waals surface area contributed by atoms with Gasteiger partial charge in [0.2, 0.25) is 11.8 Å². The number of nitrogens with one attached hydrogen (secondary N) is 2. The van der Waals surface area contributed by atoms with Gasteiger partial charge in [0.1, 0.15) is 6.54 Å². The van der Waals surface area contributed by atoms with Gasteiger partial charge in [-0.05, 0) is 23.8 Å². The Hall–Kier alpha value is -3.95. The van der Waals surface area contributed by atoms with E-state index in [-0.39, 0.29) is 35.7 Å². The first-order valence-electron chi connectivity index (χ1n) is 8.24. The normalized spacial score (nSPS) is 10.6. The fraction of sp³-hybridized carbons (Fsp3) is 0.167. The molecule has 0 saturated carbocycles. The van der Waals surface area contributed by atoms with Crippen molar-refractivity contribution in [2.45, 2.75) is 13.0 Å². The summed E-state index contributed by atoms with van der Waals surface area (Å²) in [6.07, 6.45) is 0.229. The highest BCUT2D eigenvalue weighted by atomic mass is 16.6. The van der Waals surface area contributed by atoms with Crippen LogP contribution in [-0.2, 0) is 22.6 Å². The number of carbonyl (C=O) groups is 2. The molecule has 0 aliphatic rings. The monoisotopic (exact) mass is 384 g/mol. The van der Waals surface area contributed by atoms with E-state index in [1.165, 1.54) is 12.1 Å². The summed E-state index contributed by atoms with van der Waals surface area (Å²) >= 11 is 0. The Morgan fingerprint density at radius 2 is 1.86 bits per heavy atom. The average Bonchev–Trinajstić information content (AvgIpc) is 2.97. The molecule has 0 unspecified atom stereocenters. The van der Waals surface area contributed by atoms with Gasteiger partial charge in [0, 0.05) is 18.8 Å². The van der Waals surface area contributed by atoms with Gasteiger partial charge in [-0.25, -0.2) is 4.79 Å². The van der Waals surface area contributed by atoms with E-state index in [2.05, 4.69) is 10.6 Å². The molecule has 0 atom stereocenters. The molecule has 0 aliphatic carbocycles. The lowest BCUT2D eigenvalue weighted by Gasteiger charge is -2.07. The van der Waals surface area contributed by atoms with E-state index in [1.807, 2.05) is 0 Å². The van der Waals surface area contributed by atoms with E-state index in [0.29, 0.717) is 5.69 Å². The van der Waals surface area contributed by atoms with Gasteiger partial charge in [-0.2, -0.15) is 0 Å². The van der Waals surface area contributed by atoms with E-state index in [1.54, 1.807) is 31.3 Å². The maximum absolute atomic E-state index is 12.3. The topological polar surface area (TPSA) is 136 Å². The lowest BCUT2D eigenvalue weighted by atomic mass is 10.1. The summed E-state index contributed by atoms with van der Waals surface area (Å²) in [6.45, 7) is -0.316. The second kappa shape index (κ2) is 7.74. The van der Waals surface area contributed by atoms with Crippen molar-refractivity contribution in [2.24, 2.45) is 0 Å². The molecular formula is C18H16N4O6. The summed E-state index contributed by atoms with van der Waals surface area (Å²) in [5, 5.41) is 16.0. The smallest absolute Gasteiger partial charge is 0.407 e. The van der Waals surface area contributed by atoms with Crippen LogP contribution < -0.4 is 16.4 Å². The quantitative estimate of drug-likeness (QED) is 0.487. The Morgan fingerprint density at radius 1 is 1.14 bits per heavy atom. The molecule has 0 fully saturated rings. The lowest BCUT2D eigenvalue weighted by Crippen LogP contribution is -2.24. The Bertz CT molecular complexity index is 1110. The third-order valence-corrected chi connectivity index (χ3v) is 4.05. The molecule has 2 aromatic carbocycles. The molecule has 0 bridgehead atoms. The number of non-ortho nitro benzene ring substituents is 1. The summed E-state index contributed by atoms with van der Waals surface area (Å²) in [7, 11) is 1.55. The summed E-state index contributed by atoms with van der Waals surface area (Å²) < 4.78 is 6.08. The van der Waals surface area contributed by atoms with Crippen molar-refractivity contribution >= 4 is 34.3 Å². The molecule has 3 rings (SSSR count). The second-order valence-corrected chi connectivity index (χ2v) is 5.96. The molecule has 2 N–H and O–H groups in total. The van der Waals surface area contributed by atoms with Gasteiger partial charge in [-0.15, -0.1) is 0 Å². The van der Waals surface area contributed by atoms with E-state index < -0.39 is 16.6 Å². The van der Waals surface area contributed by atoms with Gasteiger partial charge in [0.15, 0.2) is 5.58 Å². The van der Waals surface area contributed by atoms with Gasteiger partial charge < -0.3 is 15.1 Å². The highest BCUT2D eigenvalue weighted by Gasteiger charge is 2.16. The summed E-state index contributed by atoms with van der Waals surface area (Å²) in [5.41, 5.74) is 1.39. The van der Waals surface area contributed by atoms with E-state index in [4.69, 9.17) is 4.42 Å². The number of nitro groups is 1. The number of benzene rings is 2. The number of aromatic nitrogens is 1. The lowest BCUT2D eigenvalue weighted by molar-refractivity contribution is -0.384. The van der Waals surface area contributed by atoms with Crippen LogP contribution in [0.25, 0.3) is 11.1 Å². The molecule has 3 aromatic rings. The van der Waals surface area contributed by atoms with Gasteiger partial charge in [0.25, 0.3) is 5.69 Å². The van der Waals surface area contributed by atoms with Crippen molar-refractivity contribution in [3.05, 3.63) is 68.7 Å². The Kier molecular flexibility index (Phi) is 5.21. The summed E-state index contributed by atoms with van der Waals surface area (Å²) in [4.78, 5) is 45.8. The number of rotatable bonds is 6. The number of amides is 2. The number of fused-ring (bicyclic) bond motifs is 1. The van der Waals surface area contributed by atoms with Crippen molar-refractivity contribution in [3.8, 4) is 0 Å². The first-order valence-corrected chi connectivity index (χ1v) is 8.24. The Balaban J connectivity index is 1.73. The van der Waals surface area contributed by atoms with Crippen LogP contribution in [0.1, 0.15) is 5.56 Å². The molecule has 0 spiro atoms. The molecule has 0 radical (unpaired) electrons. The van der Waals surface area contributed by atoms with Gasteiger partial charge in [-0.1, -0.05) is 12.1 Å². The molecule has 28 heavy (non-hydrogen) atoms. The van der Waals surface area contributed by atoms with Gasteiger partial charge >= 0.3 is 5.76 Å². The van der Waals surface area contributed by atoms with Crippen LogP contribution in [0.3, 0.4) is 0 Å². The summed E-state index contributed by atoms with van der Waals surface area (Å²) in [6, 6.07) is 10.4. The first kappa shape index (κ1) is 18.8. The second-order valence-electron chi connectivity index (χ2n) is 5.96. The third-order valence-electron chi connectivity index (χ3n) is 4.05. The minimum atomic E-state index is -0.786. The zero-order valence-corrected chi connectivity index (χ0v) is 14.8. The minimum Gasteiger partial charge on any atom is -0.407 e. The predicted octanol–water partition coefficient (Wildman–Crippen LogP) is 1.43. The summed E-state index contributed by atoms with van der Waals surface area (Å²) in [5.74, 6) is -1.38. The highest BCUT2D eigenvalue weighted by molar-refractivity contribution is 5.91. The fourth-order valence-electron chi connectivity index (χ4n) is 2.64. The van der Waals surface area contributed by atoms with Crippen molar-refractivity contribution in [1.29, 1.82) is 0 Å². The van der Waals surface area contributed by atoms with Crippen LogP contribution in [0.15, 0.2) is 51.7 Å². The SMILES string of the molecule is CNC(=O)Cc1ccc(NC(=O)Cn2c(=O)oc3cc([N+](=O)[O-])ccc32)cc1. The van der Waals surface area contributed by atoms with E-state index in [9.17, 15) is 24.5 Å². The van der Waals surface area contributed by atoms with Crippen LogP contribution in [0.5, 0.6) is 0 Å². The minimum absolute atomic E-state index is 0.0329. The number of anilines is 1. The molecule has 10 heteroatoms. The molecule has 1 aromatic heterocycles. The number of carbonyl (C=O) groups excluding carboxylic acids is 2. The van der Waals surface area contributed by atoms with Gasteiger partial charge in [-0.3, -0.25) is 24.3 Å². The zero-order valence-electron chi connectivity index (χ0n) is 14.8. The van der Waals surface area contributed by atoms with Crippen molar-refractivity contribution in [3.63, 3.8) is 0 Å². The number of oxazole rings is 1. The first-order chi connectivity index (χ1) is 13.4. The highest BCUT2D eigenvalue weighted by Crippen LogP contribution is 2.20. The maximum Gasteiger partial charge on any atom is 0.420 e. The van der Waals surface area contributed by atoms with Crippen LogP contribution in [0.2, 0.25) is 0 Å². The number of hydrogen-bond acceptors (Lipinski definition) is 6. The molecule has 1 heterocycles. The van der Waals surface area contributed by atoms with Crippen LogP contribution in [-0.4, -0.2) is 28.4 Å². The number of likely N-dealkylation sites (N-methyl/N-ethyl adjacent to an activating group) is 1. The number of hydrogen-bond donors (Lipinski definition) is 2. The van der Waals surface area contributed by atoms with E-state index >= 15 is 0 Å². The fourth-order valence-corrected chi connectivity index (χ4v) is 2.64. The molecular weight excluding hydrogens is 368 g/mol. The predicted molar refractivity (Wildman–Crippen MR) is 100.0 cm³/mol. The largest absolute Gasteiger partial charge is 0.420 e. The molecule has 0 saturated heterocycles. The molecule has 2 amide bonds. The zero-order chi connectivity index (χ0) is 20.3. The Labute approximate surface area is 157 Å². The van der Waals surface area contributed by atoms with Gasteiger partial charge in [0.05, 0.1) is 22.9 Å². The van der Waals surface area contributed by atoms with Crippen molar-refractivity contribution in [1.82, 2.24) is 9.88 Å². The maximum atomic E-state index is 12.3. The van der Waals surface area contributed by atoms with Crippen molar-refractivity contribution < 1.29 is 18.9 Å².